The maximum absolute atomic E-state index is 12.8. The first kappa shape index (κ1) is 28.1. The van der Waals surface area contributed by atoms with Crippen molar-refractivity contribution in [2.45, 2.75) is 64.7 Å². The van der Waals surface area contributed by atoms with E-state index in [1.807, 2.05) is 13.2 Å². The Hall–Kier alpha value is -1.85. The summed E-state index contributed by atoms with van der Waals surface area (Å²) in [5.74, 6) is -3.02. The zero-order chi connectivity index (χ0) is 23.4. The molecule has 0 aliphatic carbocycles. The van der Waals surface area contributed by atoms with Gasteiger partial charge in [0.15, 0.2) is 0 Å². The van der Waals surface area contributed by atoms with Gasteiger partial charge < -0.3 is 31.9 Å². The van der Waals surface area contributed by atoms with E-state index in [0.717, 1.165) is 0 Å². The number of hydrogen-bond acceptors (Lipinski definition) is 7. The quantitative estimate of drug-likeness (QED) is 0.202. The van der Waals surface area contributed by atoms with Gasteiger partial charge in [0.05, 0.1) is 6.61 Å². The highest BCUT2D eigenvalue weighted by Crippen LogP contribution is 2.11. The molecular weight excluding hydrogens is 412 g/mol. The van der Waals surface area contributed by atoms with Crippen molar-refractivity contribution in [3.8, 4) is 0 Å². The van der Waals surface area contributed by atoms with Gasteiger partial charge in [-0.15, -0.1) is 0 Å². The van der Waals surface area contributed by atoms with Crippen LogP contribution in [-0.4, -0.2) is 76.7 Å². The molecule has 0 aromatic heterocycles. The first-order valence-electron chi connectivity index (χ1n) is 9.99. The number of rotatable bonds is 14. The Morgan fingerprint density at radius 3 is 1.93 bits per heavy atom. The average molecular weight is 449 g/mol. The predicted molar refractivity (Wildman–Crippen MR) is 116 cm³/mol. The number of amides is 3. The third kappa shape index (κ3) is 9.31. The molecule has 174 valence electrons. The summed E-state index contributed by atoms with van der Waals surface area (Å²) in [4.78, 5) is 49.1. The Bertz CT molecular complexity index is 589. The highest BCUT2D eigenvalue weighted by Gasteiger charge is 2.33. The van der Waals surface area contributed by atoms with Gasteiger partial charge in [0.25, 0.3) is 0 Å². The average Bonchev–Trinajstić information content (AvgIpc) is 2.70. The van der Waals surface area contributed by atoms with Crippen LogP contribution in [0.2, 0.25) is 0 Å². The smallest absolute Gasteiger partial charge is 0.326 e. The lowest BCUT2D eigenvalue weighted by atomic mass is 9.96. The van der Waals surface area contributed by atoms with E-state index in [0.29, 0.717) is 12.2 Å². The fourth-order valence-electron chi connectivity index (χ4n) is 2.58. The largest absolute Gasteiger partial charge is 0.480 e. The molecule has 0 heterocycles. The summed E-state index contributed by atoms with van der Waals surface area (Å²) in [7, 11) is 0. The standard InChI is InChI=1S/C19H36N4O6S/c1-6-11(4)15(18(27)21-13(19(28)29)7-8-30-5)23-17(26)14(10(2)3)22-16(25)12(20)9-24/h10-15,24H,6-9,20H2,1-5H3,(H,21,27)(H,22,25)(H,23,26)(H,28,29)/t11-,12-,13-,14-,15-/m0/s1. The van der Waals surface area contributed by atoms with Crippen LogP contribution in [0.15, 0.2) is 0 Å². The Labute approximate surface area is 182 Å². The third-order valence-corrected chi connectivity index (χ3v) is 5.44. The first-order valence-corrected chi connectivity index (χ1v) is 11.4. The second-order valence-electron chi connectivity index (χ2n) is 7.57. The van der Waals surface area contributed by atoms with E-state index in [1.165, 1.54) is 11.8 Å². The fourth-order valence-corrected chi connectivity index (χ4v) is 3.05. The van der Waals surface area contributed by atoms with Gasteiger partial charge in [0.2, 0.25) is 17.7 Å². The van der Waals surface area contributed by atoms with Crippen molar-refractivity contribution < 1.29 is 29.4 Å². The van der Waals surface area contributed by atoms with Crippen LogP contribution in [0.4, 0.5) is 0 Å². The second kappa shape index (κ2) is 14.2. The minimum absolute atomic E-state index is 0.257. The van der Waals surface area contributed by atoms with E-state index in [1.54, 1.807) is 20.8 Å². The van der Waals surface area contributed by atoms with Gasteiger partial charge in [-0.25, -0.2) is 4.79 Å². The van der Waals surface area contributed by atoms with Crippen molar-refractivity contribution in [3.05, 3.63) is 0 Å². The van der Waals surface area contributed by atoms with Gasteiger partial charge in [-0.1, -0.05) is 34.1 Å². The second-order valence-corrected chi connectivity index (χ2v) is 8.56. The molecule has 0 radical (unpaired) electrons. The summed E-state index contributed by atoms with van der Waals surface area (Å²) in [5, 5.41) is 26.0. The van der Waals surface area contributed by atoms with E-state index in [2.05, 4.69) is 16.0 Å². The summed E-state index contributed by atoms with van der Waals surface area (Å²) in [6.07, 6.45) is 2.66. The van der Waals surface area contributed by atoms with Gasteiger partial charge in [0.1, 0.15) is 24.2 Å². The van der Waals surface area contributed by atoms with Crippen LogP contribution in [0.3, 0.4) is 0 Å². The maximum Gasteiger partial charge on any atom is 0.326 e. The van der Waals surface area contributed by atoms with Crippen molar-refractivity contribution in [1.82, 2.24) is 16.0 Å². The van der Waals surface area contributed by atoms with Crippen molar-refractivity contribution >= 4 is 35.5 Å². The highest BCUT2D eigenvalue weighted by atomic mass is 32.2. The zero-order valence-electron chi connectivity index (χ0n) is 18.3. The molecule has 3 amide bonds. The number of nitrogens with one attached hydrogen (secondary N) is 3. The molecule has 0 saturated carbocycles. The molecule has 11 heteroatoms. The molecule has 0 rings (SSSR count). The molecule has 0 fully saturated rings. The normalized spacial score (nSPS) is 16.1. The van der Waals surface area contributed by atoms with Crippen LogP contribution < -0.4 is 21.7 Å². The monoisotopic (exact) mass is 448 g/mol. The number of carboxylic acid groups (broad SMARTS) is 1. The van der Waals surface area contributed by atoms with E-state index in [9.17, 15) is 24.3 Å². The van der Waals surface area contributed by atoms with Crippen LogP contribution in [0.5, 0.6) is 0 Å². The molecule has 0 aliphatic heterocycles. The number of aliphatic hydroxyl groups is 1. The molecule has 0 aliphatic rings. The number of aliphatic hydroxyl groups excluding tert-OH is 1. The SMILES string of the molecule is CC[C@H](C)[C@H](NC(=O)[C@@H](NC(=O)[C@@H](N)CO)C(C)C)C(=O)N[C@@H](CCSC)C(=O)O. The van der Waals surface area contributed by atoms with E-state index < -0.39 is 54.5 Å². The highest BCUT2D eigenvalue weighted by molar-refractivity contribution is 7.98. The van der Waals surface area contributed by atoms with Gasteiger partial charge >= 0.3 is 5.97 Å². The summed E-state index contributed by atoms with van der Waals surface area (Å²) < 4.78 is 0. The Morgan fingerprint density at radius 1 is 0.967 bits per heavy atom. The lowest BCUT2D eigenvalue weighted by Gasteiger charge is -2.29. The minimum Gasteiger partial charge on any atom is -0.480 e. The Morgan fingerprint density at radius 2 is 1.50 bits per heavy atom. The van der Waals surface area contributed by atoms with Crippen LogP contribution in [0, 0.1) is 11.8 Å². The number of carbonyl (C=O) groups is 4. The number of thioether (sulfide) groups is 1. The van der Waals surface area contributed by atoms with Gasteiger partial charge in [-0.3, -0.25) is 14.4 Å². The van der Waals surface area contributed by atoms with Gasteiger partial charge in [-0.2, -0.15) is 11.8 Å². The lowest BCUT2D eigenvalue weighted by Crippen LogP contribution is -2.60. The molecule has 0 aromatic rings. The number of nitrogens with two attached hydrogens (primary N) is 1. The molecular formula is C19H36N4O6S. The molecule has 0 spiro atoms. The topological polar surface area (TPSA) is 171 Å². The molecule has 0 saturated heterocycles. The van der Waals surface area contributed by atoms with Gasteiger partial charge in [-0.05, 0) is 30.3 Å². The van der Waals surface area contributed by atoms with Crippen molar-refractivity contribution in [3.63, 3.8) is 0 Å². The van der Waals surface area contributed by atoms with Crippen LogP contribution in [0.1, 0.15) is 40.5 Å². The van der Waals surface area contributed by atoms with Crippen molar-refractivity contribution in [2.24, 2.45) is 17.6 Å². The Kier molecular flexibility index (Phi) is 13.3. The molecule has 0 aromatic carbocycles. The molecule has 10 nitrogen and oxygen atoms in total. The molecule has 7 N–H and O–H groups in total. The molecule has 0 unspecified atom stereocenters. The summed E-state index contributed by atoms with van der Waals surface area (Å²) in [5.41, 5.74) is 5.49. The zero-order valence-corrected chi connectivity index (χ0v) is 19.1. The number of hydrogen-bond donors (Lipinski definition) is 6. The van der Waals surface area contributed by atoms with Crippen molar-refractivity contribution in [2.75, 3.05) is 18.6 Å². The van der Waals surface area contributed by atoms with E-state index >= 15 is 0 Å². The van der Waals surface area contributed by atoms with Gasteiger partial charge in [0, 0.05) is 0 Å². The minimum atomic E-state index is -1.17. The van der Waals surface area contributed by atoms with Crippen LogP contribution in [-0.2, 0) is 19.2 Å². The predicted octanol–water partition coefficient (Wildman–Crippen LogP) is -0.700. The summed E-state index contributed by atoms with van der Waals surface area (Å²) in [6.45, 7) is 6.49. The van der Waals surface area contributed by atoms with Crippen LogP contribution >= 0.6 is 11.8 Å². The van der Waals surface area contributed by atoms with Crippen LogP contribution in [0.25, 0.3) is 0 Å². The molecule has 0 bridgehead atoms. The number of aliphatic carboxylic acids is 1. The fraction of sp³-hybridized carbons (Fsp3) is 0.789. The Balaban J connectivity index is 5.41. The summed E-state index contributed by atoms with van der Waals surface area (Å²) >= 11 is 1.47. The third-order valence-electron chi connectivity index (χ3n) is 4.80. The molecule has 5 atom stereocenters. The van der Waals surface area contributed by atoms with E-state index in [4.69, 9.17) is 10.8 Å². The van der Waals surface area contributed by atoms with Crippen molar-refractivity contribution in [1.29, 1.82) is 0 Å². The number of carbonyl (C=O) groups excluding carboxylic acids is 3. The summed E-state index contributed by atoms with van der Waals surface area (Å²) in [6, 6.07) is -4.17. The van der Waals surface area contributed by atoms with E-state index in [-0.39, 0.29) is 18.3 Å². The number of carboxylic acids is 1. The first-order chi connectivity index (χ1) is 14.0. The maximum atomic E-state index is 12.8. The molecule has 30 heavy (non-hydrogen) atoms. The lowest BCUT2D eigenvalue weighted by molar-refractivity contribution is -0.142.